The molecule has 0 bridgehead atoms. The lowest BCUT2D eigenvalue weighted by Crippen LogP contribution is -2.28. The van der Waals surface area contributed by atoms with Crippen molar-refractivity contribution in [3.63, 3.8) is 0 Å². The first-order valence-corrected chi connectivity index (χ1v) is 5.58. The second kappa shape index (κ2) is 4.82. The Morgan fingerprint density at radius 2 is 2.06 bits per heavy atom. The molecule has 0 aliphatic heterocycles. The van der Waals surface area contributed by atoms with Crippen LogP contribution in [-0.2, 0) is 4.79 Å². The van der Waals surface area contributed by atoms with Crippen LogP contribution in [0.2, 0.25) is 0 Å². The number of carbonyl (C=O) groups excluding carboxylic acids is 2. The lowest BCUT2D eigenvalue weighted by atomic mass is 10.1. The number of aromatic amines is 1. The summed E-state index contributed by atoms with van der Waals surface area (Å²) in [5, 5.41) is 3.47. The van der Waals surface area contributed by atoms with Gasteiger partial charge in [-0.15, -0.1) is 0 Å². The van der Waals surface area contributed by atoms with Gasteiger partial charge in [-0.25, -0.2) is 0 Å². The van der Waals surface area contributed by atoms with Crippen molar-refractivity contribution in [3.05, 3.63) is 36.0 Å². The molecule has 0 saturated heterocycles. The molecule has 1 aromatic heterocycles. The SMILES string of the molecule is CCC(=O)NCC(=O)c1c[nH]c2ccccc12. The third-order valence-corrected chi connectivity index (χ3v) is 2.66. The van der Waals surface area contributed by atoms with Crippen molar-refractivity contribution in [1.82, 2.24) is 10.3 Å². The van der Waals surface area contributed by atoms with Crippen molar-refractivity contribution in [3.8, 4) is 0 Å². The van der Waals surface area contributed by atoms with E-state index >= 15 is 0 Å². The fourth-order valence-corrected chi connectivity index (χ4v) is 1.70. The number of aromatic nitrogens is 1. The largest absolute Gasteiger partial charge is 0.360 e. The zero-order valence-electron chi connectivity index (χ0n) is 9.62. The average Bonchev–Trinajstić information content (AvgIpc) is 2.79. The number of hydrogen-bond acceptors (Lipinski definition) is 2. The Morgan fingerprint density at radius 3 is 2.82 bits per heavy atom. The van der Waals surface area contributed by atoms with Crippen molar-refractivity contribution >= 4 is 22.6 Å². The molecule has 0 aliphatic carbocycles. The van der Waals surface area contributed by atoms with Gasteiger partial charge in [-0.05, 0) is 6.07 Å². The number of nitrogens with one attached hydrogen (secondary N) is 2. The molecule has 0 atom stereocenters. The van der Waals surface area contributed by atoms with Crippen molar-refractivity contribution in [2.75, 3.05) is 6.54 Å². The van der Waals surface area contributed by atoms with E-state index in [0.29, 0.717) is 12.0 Å². The quantitative estimate of drug-likeness (QED) is 0.788. The summed E-state index contributed by atoms with van der Waals surface area (Å²) in [6.45, 7) is 1.81. The molecule has 1 amide bonds. The first-order chi connectivity index (χ1) is 8.22. The summed E-state index contributed by atoms with van der Waals surface area (Å²) >= 11 is 0. The van der Waals surface area contributed by atoms with Crippen LogP contribution >= 0.6 is 0 Å². The van der Waals surface area contributed by atoms with Gasteiger partial charge in [-0.3, -0.25) is 9.59 Å². The molecule has 88 valence electrons. The van der Waals surface area contributed by atoms with Gasteiger partial charge in [0, 0.05) is 29.1 Å². The molecule has 1 heterocycles. The number of carbonyl (C=O) groups is 2. The van der Waals surface area contributed by atoms with Crippen LogP contribution in [0.4, 0.5) is 0 Å². The van der Waals surface area contributed by atoms with Crippen molar-refractivity contribution < 1.29 is 9.59 Å². The van der Waals surface area contributed by atoms with E-state index in [1.54, 1.807) is 13.1 Å². The second-order valence-corrected chi connectivity index (χ2v) is 3.80. The normalized spacial score (nSPS) is 10.4. The summed E-state index contributed by atoms with van der Waals surface area (Å²) in [5.74, 6) is -0.192. The summed E-state index contributed by atoms with van der Waals surface area (Å²) in [4.78, 5) is 26.0. The van der Waals surface area contributed by atoms with E-state index in [2.05, 4.69) is 10.3 Å². The Bertz CT molecular complexity index is 557. The van der Waals surface area contributed by atoms with Crippen molar-refractivity contribution in [1.29, 1.82) is 0 Å². The van der Waals surface area contributed by atoms with Crippen LogP contribution in [0.3, 0.4) is 0 Å². The molecule has 4 heteroatoms. The number of H-pyrrole nitrogens is 1. The number of rotatable bonds is 4. The predicted octanol–water partition coefficient (Wildman–Crippen LogP) is 1.88. The topological polar surface area (TPSA) is 62.0 Å². The first kappa shape index (κ1) is 11.4. The van der Waals surface area contributed by atoms with Gasteiger partial charge < -0.3 is 10.3 Å². The van der Waals surface area contributed by atoms with Crippen LogP contribution in [0.5, 0.6) is 0 Å². The Morgan fingerprint density at radius 1 is 1.29 bits per heavy atom. The van der Waals surface area contributed by atoms with Gasteiger partial charge in [0.1, 0.15) is 0 Å². The molecule has 0 fully saturated rings. The van der Waals surface area contributed by atoms with E-state index < -0.39 is 0 Å². The molecule has 2 N–H and O–H groups in total. The van der Waals surface area contributed by atoms with E-state index in [1.165, 1.54) is 0 Å². The number of benzene rings is 1. The minimum absolute atomic E-state index is 0.0501. The molecule has 0 spiro atoms. The van der Waals surface area contributed by atoms with Gasteiger partial charge in [-0.2, -0.15) is 0 Å². The lowest BCUT2D eigenvalue weighted by Gasteiger charge is -2.01. The van der Waals surface area contributed by atoms with Crippen LogP contribution in [0, 0.1) is 0 Å². The van der Waals surface area contributed by atoms with Gasteiger partial charge in [0.2, 0.25) is 5.91 Å². The zero-order chi connectivity index (χ0) is 12.3. The fraction of sp³-hybridized carbons (Fsp3) is 0.231. The van der Waals surface area contributed by atoms with E-state index in [0.717, 1.165) is 10.9 Å². The third-order valence-electron chi connectivity index (χ3n) is 2.66. The van der Waals surface area contributed by atoms with E-state index in [4.69, 9.17) is 0 Å². The molecule has 2 aromatic rings. The summed E-state index contributed by atoms with van der Waals surface area (Å²) in [6, 6.07) is 7.60. The standard InChI is InChI=1S/C13H14N2O2/c1-2-13(17)15-8-12(16)10-7-14-11-6-4-3-5-9(10)11/h3-7,14H,2,8H2,1H3,(H,15,17). The van der Waals surface area contributed by atoms with Crippen LogP contribution in [0.15, 0.2) is 30.5 Å². The third kappa shape index (κ3) is 2.36. The summed E-state index contributed by atoms with van der Waals surface area (Å²) in [7, 11) is 0. The minimum atomic E-state index is -0.113. The molecule has 0 unspecified atom stereocenters. The highest BCUT2D eigenvalue weighted by atomic mass is 16.2. The van der Waals surface area contributed by atoms with E-state index in [1.807, 2.05) is 24.3 Å². The Hall–Kier alpha value is -2.10. The average molecular weight is 230 g/mol. The number of fused-ring (bicyclic) bond motifs is 1. The smallest absolute Gasteiger partial charge is 0.220 e. The lowest BCUT2D eigenvalue weighted by molar-refractivity contribution is -0.120. The molecule has 0 radical (unpaired) electrons. The second-order valence-electron chi connectivity index (χ2n) is 3.80. The maximum Gasteiger partial charge on any atom is 0.220 e. The van der Waals surface area contributed by atoms with Crippen LogP contribution < -0.4 is 5.32 Å². The molecule has 2 rings (SSSR count). The Kier molecular flexibility index (Phi) is 3.23. The minimum Gasteiger partial charge on any atom is -0.360 e. The van der Waals surface area contributed by atoms with Gasteiger partial charge in [-0.1, -0.05) is 25.1 Å². The maximum atomic E-state index is 11.9. The molecule has 4 nitrogen and oxygen atoms in total. The maximum absolute atomic E-state index is 11.9. The number of ketones is 1. The van der Waals surface area contributed by atoms with E-state index in [-0.39, 0.29) is 18.2 Å². The first-order valence-electron chi connectivity index (χ1n) is 5.58. The van der Waals surface area contributed by atoms with Crippen LogP contribution in [0.25, 0.3) is 10.9 Å². The van der Waals surface area contributed by atoms with Crippen molar-refractivity contribution in [2.24, 2.45) is 0 Å². The number of amides is 1. The van der Waals surface area contributed by atoms with Gasteiger partial charge in [0.15, 0.2) is 5.78 Å². The van der Waals surface area contributed by atoms with Gasteiger partial charge >= 0.3 is 0 Å². The Labute approximate surface area is 99.0 Å². The van der Waals surface area contributed by atoms with Crippen LogP contribution in [0.1, 0.15) is 23.7 Å². The van der Waals surface area contributed by atoms with Crippen molar-refractivity contribution in [2.45, 2.75) is 13.3 Å². The van der Waals surface area contributed by atoms with Gasteiger partial charge in [0.25, 0.3) is 0 Å². The highest BCUT2D eigenvalue weighted by Gasteiger charge is 2.11. The Balaban J connectivity index is 2.17. The summed E-state index contributed by atoms with van der Waals surface area (Å²) < 4.78 is 0. The fourth-order valence-electron chi connectivity index (χ4n) is 1.70. The zero-order valence-corrected chi connectivity index (χ0v) is 9.62. The number of hydrogen-bond donors (Lipinski definition) is 2. The molecular formula is C13H14N2O2. The molecule has 17 heavy (non-hydrogen) atoms. The monoisotopic (exact) mass is 230 g/mol. The highest BCUT2D eigenvalue weighted by Crippen LogP contribution is 2.17. The predicted molar refractivity (Wildman–Crippen MR) is 65.9 cm³/mol. The number of para-hydroxylation sites is 1. The summed E-state index contributed by atoms with van der Waals surface area (Å²) in [5.41, 5.74) is 1.55. The molecular weight excluding hydrogens is 216 g/mol. The van der Waals surface area contributed by atoms with Gasteiger partial charge in [0.05, 0.1) is 6.54 Å². The molecule has 0 aliphatic rings. The number of Topliss-reactive ketones (excluding diaryl/α,β-unsaturated/α-hetero) is 1. The summed E-state index contributed by atoms with van der Waals surface area (Å²) in [6.07, 6.45) is 2.08. The molecule has 1 aromatic carbocycles. The molecule has 0 saturated carbocycles. The van der Waals surface area contributed by atoms with E-state index in [9.17, 15) is 9.59 Å². The highest BCUT2D eigenvalue weighted by molar-refractivity contribution is 6.09. The van der Waals surface area contributed by atoms with Crippen LogP contribution in [-0.4, -0.2) is 23.2 Å².